The Morgan fingerprint density at radius 1 is 1.70 bits per heavy atom. The Bertz CT molecular complexity index is 120. The van der Waals surface area contributed by atoms with E-state index in [0.29, 0.717) is 5.75 Å². The lowest BCUT2D eigenvalue weighted by molar-refractivity contribution is 0.109. The molecule has 2 atom stereocenters. The van der Waals surface area contributed by atoms with E-state index in [4.69, 9.17) is 9.29 Å². The fourth-order valence-electron chi connectivity index (χ4n) is 1.10. The molecule has 0 aromatic rings. The molecule has 4 heteroatoms. The molecule has 0 amide bonds. The fraction of sp³-hybridized carbons (Fsp3) is 1.00. The second-order valence-corrected chi connectivity index (χ2v) is 3.50. The van der Waals surface area contributed by atoms with Crippen molar-refractivity contribution in [2.24, 2.45) is 0 Å². The Hall–Kier alpha value is 0.0700. The molecule has 1 aliphatic heterocycles. The van der Waals surface area contributed by atoms with Crippen LogP contribution in [0.3, 0.4) is 0 Å². The second-order valence-electron chi connectivity index (χ2n) is 2.45. The molecule has 60 valence electrons. The average molecular weight is 164 g/mol. The van der Waals surface area contributed by atoms with Gasteiger partial charge in [0, 0.05) is 6.61 Å². The van der Waals surface area contributed by atoms with Crippen LogP contribution in [-0.4, -0.2) is 27.2 Å². The lowest BCUT2D eigenvalue weighted by Gasteiger charge is -2.05. The average Bonchev–Trinajstić information content (AvgIpc) is 2.34. The van der Waals surface area contributed by atoms with Gasteiger partial charge in [0.15, 0.2) is 11.1 Å². The van der Waals surface area contributed by atoms with Crippen molar-refractivity contribution in [2.45, 2.75) is 25.4 Å². The molecule has 0 aromatic heterocycles. The monoisotopic (exact) mass is 164 g/mol. The van der Waals surface area contributed by atoms with Crippen molar-refractivity contribution in [3.05, 3.63) is 0 Å². The predicted octanol–water partition coefficient (Wildman–Crippen LogP) is 0.777. The van der Waals surface area contributed by atoms with Gasteiger partial charge >= 0.3 is 0 Å². The van der Waals surface area contributed by atoms with Crippen molar-refractivity contribution < 1.29 is 13.5 Å². The highest BCUT2D eigenvalue weighted by Gasteiger charge is 2.15. The van der Waals surface area contributed by atoms with Crippen molar-refractivity contribution >= 4 is 11.1 Å². The van der Waals surface area contributed by atoms with E-state index in [-0.39, 0.29) is 6.10 Å². The van der Waals surface area contributed by atoms with Crippen molar-refractivity contribution in [3.8, 4) is 0 Å². The van der Waals surface area contributed by atoms with E-state index in [9.17, 15) is 4.21 Å². The van der Waals surface area contributed by atoms with E-state index in [1.807, 2.05) is 0 Å². The molecule has 0 aliphatic carbocycles. The second kappa shape index (κ2) is 4.05. The summed E-state index contributed by atoms with van der Waals surface area (Å²) in [6, 6.07) is 0. The van der Waals surface area contributed by atoms with Gasteiger partial charge < -0.3 is 9.29 Å². The molecule has 1 saturated heterocycles. The maximum Gasteiger partial charge on any atom is 0.152 e. The molecule has 2 unspecified atom stereocenters. The van der Waals surface area contributed by atoms with Gasteiger partial charge in [-0.2, -0.15) is 0 Å². The normalized spacial score (nSPS) is 28.7. The van der Waals surface area contributed by atoms with Crippen molar-refractivity contribution in [1.82, 2.24) is 0 Å². The van der Waals surface area contributed by atoms with Crippen LogP contribution < -0.4 is 0 Å². The standard InChI is InChI=1S/C6H12O3S/c7-10(8)5-3-6-2-1-4-9-6/h6H,1-5H2,(H,7,8). The zero-order valence-electron chi connectivity index (χ0n) is 5.78. The van der Waals surface area contributed by atoms with Gasteiger partial charge in [-0.15, -0.1) is 0 Å². The van der Waals surface area contributed by atoms with Gasteiger partial charge in [-0.1, -0.05) is 0 Å². The van der Waals surface area contributed by atoms with Gasteiger partial charge in [0.2, 0.25) is 0 Å². The summed E-state index contributed by atoms with van der Waals surface area (Å²) >= 11 is -1.64. The molecule has 1 aliphatic rings. The molecule has 1 N–H and O–H groups in total. The van der Waals surface area contributed by atoms with E-state index < -0.39 is 11.1 Å². The minimum Gasteiger partial charge on any atom is -0.378 e. The van der Waals surface area contributed by atoms with Crippen LogP contribution in [0.5, 0.6) is 0 Å². The summed E-state index contributed by atoms with van der Waals surface area (Å²) in [6.45, 7) is 0.822. The van der Waals surface area contributed by atoms with Gasteiger partial charge in [0.05, 0.1) is 11.9 Å². The number of hydrogen-bond acceptors (Lipinski definition) is 2. The molecule has 0 spiro atoms. The zero-order valence-corrected chi connectivity index (χ0v) is 6.60. The first-order chi connectivity index (χ1) is 4.79. The Morgan fingerprint density at radius 2 is 2.50 bits per heavy atom. The third-order valence-electron chi connectivity index (χ3n) is 1.64. The molecule has 3 nitrogen and oxygen atoms in total. The molecular weight excluding hydrogens is 152 g/mol. The highest BCUT2D eigenvalue weighted by atomic mass is 32.2. The molecule has 0 bridgehead atoms. The topological polar surface area (TPSA) is 46.5 Å². The van der Waals surface area contributed by atoms with Crippen LogP contribution in [0.4, 0.5) is 0 Å². The van der Waals surface area contributed by atoms with Gasteiger partial charge in [-0.05, 0) is 19.3 Å². The van der Waals surface area contributed by atoms with E-state index in [0.717, 1.165) is 25.9 Å². The molecule has 0 saturated carbocycles. The number of hydrogen-bond donors (Lipinski definition) is 1. The van der Waals surface area contributed by atoms with Crippen molar-refractivity contribution in [2.75, 3.05) is 12.4 Å². The highest BCUT2D eigenvalue weighted by molar-refractivity contribution is 7.79. The zero-order chi connectivity index (χ0) is 7.40. The van der Waals surface area contributed by atoms with Crippen LogP contribution in [0.1, 0.15) is 19.3 Å². The fourth-order valence-corrected chi connectivity index (χ4v) is 1.57. The molecule has 0 radical (unpaired) electrons. The van der Waals surface area contributed by atoms with Crippen molar-refractivity contribution in [3.63, 3.8) is 0 Å². The van der Waals surface area contributed by atoms with Gasteiger partial charge in [-0.25, -0.2) is 4.21 Å². The summed E-state index contributed by atoms with van der Waals surface area (Å²) < 4.78 is 23.9. The van der Waals surface area contributed by atoms with Crippen LogP contribution in [0.25, 0.3) is 0 Å². The predicted molar refractivity (Wildman–Crippen MR) is 39.2 cm³/mol. The van der Waals surface area contributed by atoms with Crippen LogP contribution >= 0.6 is 0 Å². The summed E-state index contributed by atoms with van der Waals surface area (Å²) in [5, 5.41) is 0. The highest BCUT2D eigenvalue weighted by Crippen LogP contribution is 2.14. The quantitative estimate of drug-likeness (QED) is 0.627. The van der Waals surface area contributed by atoms with E-state index in [2.05, 4.69) is 0 Å². The first-order valence-electron chi connectivity index (χ1n) is 3.48. The molecular formula is C6H12O3S. The lowest BCUT2D eigenvalue weighted by Crippen LogP contribution is -2.09. The SMILES string of the molecule is O=S(O)CCC1CCCO1. The number of ether oxygens (including phenoxy) is 1. The first-order valence-corrected chi connectivity index (χ1v) is 4.75. The third-order valence-corrected chi connectivity index (χ3v) is 2.22. The van der Waals surface area contributed by atoms with Crippen LogP contribution in [-0.2, 0) is 15.8 Å². The Kier molecular flexibility index (Phi) is 3.31. The minimum absolute atomic E-state index is 0.246. The smallest absolute Gasteiger partial charge is 0.152 e. The van der Waals surface area contributed by atoms with Gasteiger partial charge in [0.25, 0.3) is 0 Å². The molecule has 1 rings (SSSR count). The first kappa shape index (κ1) is 8.17. The Labute approximate surface area is 63.0 Å². The molecule has 0 aromatic carbocycles. The van der Waals surface area contributed by atoms with Gasteiger partial charge in [0.1, 0.15) is 0 Å². The molecule has 1 heterocycles. The van der Waals surface area contributed by atoms with E-state index >= 15 is 0 Å². The largest absolute Gasteiger partial charge is 0.378 e. The summed E-state index contributed by atoms with van der Waals surface area (Å²) in [6.07, 6.45) is 3.12. The summed E-state index contributed by atoms with van der Waals surface area (Å²) in [4.78, 5) is 0. The van der Waals surface area contributed by atoms with Crippen LogP contribution in [0, 0.1) is 0 Å². The Morgan fingerprint density at radius 3 is 3.00 bits per heavy atom. The van der Waals surface area contributed by atoms with E-state index in [1.54, 1.807) is 0 Å². The summed E-state index contributed by atoms with van der Waals surface area (Å²) in [7, 11) is 0. The third kappa shape index (κ3) is 2.77. The Balaban J connectivity index is 2.07. The van der Waals surface area contributed by atoms with Crippen LogP contribution in [0.2, 0.25) is 0 Å². The van der Waals surface area contributed by atoms with Gasteiger partial charge in [-0.3, -0.25) is 0 Å². The summed E-state index contributed by atoms with van der Waals surface area (Å²) in [5.41, 5.74) is 0. The molecule has 1 fully saturated rings. The minimum atomic E-state index is -1.64. The lowest BCUT2D eigenvalue weighted by atomic mass is 10.2. The summed E-state index contributed by atoms with van der Waals surface area (Å²) in [5.74, 6) is 0.352. The molecule has 10 heavy (non-hydrogen) atoms. The van der Waals surface area contributed by atoms with Crippen molar-refractivity contribution in [1.29, 1.82) is 0 Å². The maximum atomic E-state index is 10.2. The van der Waals surface area contributed by atoms with Crippen LogP contribution in [0.15, 0.2) is 0 Å². The maximum absolute atomic E-state index is 10.2. The van der Waals surface area contributed by atoms with E-state index in [1.165, 1.54) is 0 Å². The number of rotatable bonds is 3.